The first-order valence-corrected chi connectivity index (χ1v) is 10.9. The van der Waals surface area contributed by atoms with Crippen molar-refractivity contribution in [2.45, 2.75) is 108 Å². The van der Waals surface area contributed by atoms with Crippen molar-refractivity contribution in [3.05, 3.63) is 0 Å². The topological polar surface area (TPSA) is 97.0 Å². The molecule has 0 bridgehead atoms. The highest BCUT2D eigenvalue weighted by Crippen LogP contribution is 2.33. The third kappa shape index (κ3) is 5.42. The lowest BCUT2D eigenvalue weighted by Gasteiger charge is -2.40. The molecule has 0 aromatic rings. The van der Waals surface area contributed by atoms with Crippen LogP contribution in [-0.2, 0) is 19.1 Å². The van der Waals surface area contributed by atoms with Crippen molar-refractivity contribution in [3.8, 4) is 0 Å². The molecule has 2 N–H and O–H groups in total. The van der Waals surface area contributed by atoms with Gasteiger partial charge in [-0.2, -0.15) is 0 Å². The molecule has 2 heterocycles. The van der Waals surface area contributed by atoms with Crippen LogP contribution in [0, 0.1) is 0 Å². The summed E-state index contributed by atoms with van der Waals surface area (Å²) in [7, 11) is 1.31. The van der Waals surface area contributed by atoms with Gasteiger partial charge in [-0.3, -0.25) is 4.79 Å². The fourth-order valence-corrected chi connectivity index (χ4v) is 4.69. The highest BCUT2D eigenvalue weighted by Gasteiger charge is 2.46. The van der Waals surface area contributed by atoms with E-state index in [2.05, 4.69) is 10.6 Å². The molecule has 0 unspecified atom stereocenters. The predicted molar refractivity (Wildman–Crippen MR) is 108 cm³/mol. The number of hydrogen-bond donors (Lipinski definition) is 2. The molecule has 0 spiro atoms. The molecule has 9 heteroatoms. The monoisotopic (exact) mass is 427 g/mol. The van der Waals surface area contributed by atoms with Crippen molar-refractivity contribution >= 4 is 18.0 Å². The van der Waals surface area contributed by atoms with Gasteiger partial charge in [0.15, 0.2) is 0 Å². The molecule has 2 aliphatic heterocycles. The first-order valence-electron chi connectivity index (χ1n) is 10.9. The summed E-state index contributed by atoms with van der Waals surface area (Å²) in [5, 5.41) is 6.21. The molecule has 3 rings (SSSR count). The van der Waals surface area contributed by atoms with E-state index in [1.54, 1.807) is 25.7 Å². The van der Waals surface area contributed by atoms with Gasteiger partial charge in [0.1, 0.15) is 23.9 Å². The van der Waals surface area contributed by atoms with Crippen LogP contribution in [0.25, 0.3) is 0 Å². The van der Waals surface area contributed by atoms with Crippen LogP contribution >= 0.6 is 0 Å². The zero-order chi connectivity index (χ0) is 22.1. The number of alkyl halides is 1. The number of amides is 2. The van der Waals surface area contributed by atoms with Crippen LogP contribution in [0.2, 0.25) is 0 Å². The summed E-state index contributed by atoms with van der Waals surface area (Å²) in [6.45, 7) is 5.27. The molecule has 30 heavy (non-hydrogen) atoms. The summed E-state index contributed by atoms with van der Waals surface area (Å²) < 4.78 is 23.5. The average Bonchev–Trinajstić information content (AvgIpc) is 3.02. The molecule has 8 nitrogen and oxygen atoms in total. The van der Waals surface area contributed by atoms with E-state index in [0.717, 1.165) is 0 Å². The second-order valence-corrected chi connectivity index (χ2v) is 9.66. The second-order valence-electron chi connectivity index (χ2n) is 9.66. The predicted octanol–water partition coefficient (Wildman–Crippen LogP) is 2.05. The summed E-state index contributed by atoms with van der Waals surface area (Å²) >= 11 is 0. The van der Waals surface area contributed by atoms with E-state index in [4.69, 9.17) is 9.47 Å². The quantitative estimate of drug-likeness (QED) is 0.667. The molecule has 1 saturated carbocycles. The number of halogens is 1. The Kier molecular flexibility index (Phi) is 6.89. The van der Waals surface area contributed by atoms with E-state index < -0.39 is 35.9 Å². The Bertz CT molecular complexity index is 662. The standard InChI is InChI=1S/C21H34FN3O5/c1-21(2,3)30-20(28)24-16-7-5-13(23-14-9-12(22)10-14)11-15-6-8-17(19(27)29-4)25(15)18(16)26/h12-17,23H,5-11H2,1-4H3,(H,24,28)/t12?,13-,14?,15+,16-,17-/m0/s1. The second kappa shape index (κ2) is 9.08. The molecular formula is C21H34FN3O5. The zero-order valence-corrected chi connectivity index (χ0v) is 18.3. The van der Waals surface area contributed by atoms with Gasteiger partial charge in [0.2, 0.25) is 5.91 Å². The van der Waals surface area contributed by atoms with Gasteiger partial charge in [-0.1, -0.05) is 0 Å². The first-order chi connectivity index (χ1) is 14.1. The minimum Gasteiger partial charge on any atom is -0.467 e. The minimum absolute atomic E-state index is 0.0856. The van der Waals surface area contributed by atoms with Gasteiger partial charge >= 0.3 is 12.1 Å². The number of carbonyl (C=O) groups excluding carboxylic acids is 3. The fourth-order valence-electron chi connectivity index (χ4n) is 4.69. The lowest BCUT2D eigenvalue weighted by molar-refractivity contribution is -0.153. The third-order valence-corrected chi connectivity index (χ3v) is 6.13. The van der Waals surface area contributed by atoms with Gasteiger partial charge in [0, 0.05) is 18.1 Å². The van der Waals surface area contributed by atoms with Crippen LogP contribution < -0.4 is 10.6 Å². The summed E-state index contributed by atoms with van der Waals surface area (Å²) in [5.74, 6) is -0.712. The minimum atomic E-state index is -0.785. The smallest absolute Gasteiger partial charge is 0.408 e. The maximum atomic E-state index is 13.3. The Morgan fingerprint density at radius 2 is 1.77 bits per heavy atom. The number of esters is 1. The number of nitrogens with one attached hydrogen (secondary N) is 2. The van der Waals surface area contributed by atoms with E-state index in [1.165, 1.54) is 7.11 Å². The number of nitrogens with zero attached hydrogens (tertiary/aromatic N) is 1. The first kappa shape index (κ1) is 22.8. The maximum absolute atomic E-state index is 13.3. The Labute approximate surface area is 177 Å². The van der Waals surface area contributed by atoms with Crippen LogP contribution in [0.3, 0.4) is 0 Å². The Morgan fingerprint density at radius 1 is 1.07 bits per heavy atom. The molecule has 3 fully saturated rings. The summed E-state index contributed by atoms with van der Waals surface area (Å²) in [6, 6.07) is -1.32. The molecule has 0 aromatic heterocycles. The summed E-state index contributed by atoms with van der Waals surface area (Å²) in [4.78, 5) is 39.6. The lowest BCUT2D eigenvalue weighted by Crippen LogP contribution is -2.58. The summed E-state index contributed by atoms with van der Waals surface area (Å²) in [5.41, 5.74) is -0.684. The molecule has 4 atom stereocenters. The lowest BCUT2D eigenvalue weighted by atomic mass is 9.87. The van der Waals surface area contributed by atoms with E-state index in [9.17, 15) is 18.8 Å². The molecule has 0 aromatic carbocycles. The van der Waals surface area contributed by atoms with Crippen LogP contribution in [0.1, 0.15) is 65.7 Å². The molecule has 0 radical (unpaired) electrons. The number of fused-ring (bicyclic) bond motifs is 1. The van der Waals surface area contributed by atoms with Gasteiger partial charge in [-0.25, -0.2) is 14.0 Å². The largest absolute Gasteiger partial charge is 0.467 e. The Balaban J connectivity index is 1.76. The maximum Gasteiger partial charge on any atom is 0.408 e. The number of hydrogen-bond acceptors (Lipinski definition) is 6. The molecule has 3 aliphatic rings. The molecular weight excluding hydrogens is 393 g/mol. The van der Waals surface area contributed by atoms with E-state index in [-0.39, 0.29) is 24.0 Å². The number of rotatable bonds is 4. The SMILES string of the molecule is COC(=O)[C@@H]1CC[C@@H]2C[C@@H](NC3CC(F)C3)CC[C@H](NC(=O)OC(C)(C)C)C(=O)N21. The molecule has 2 amide bonds. The van der Waals surface area contributed by atoms with E-state index in [0.29, 0.717) is 44.9 Å². The average molecular weight is 428 g/mol. The van der Waals surface area contributed by atoms with E-state index in [1.807, 2.05) is 0 Å². The normalized spacial score (nSPS) is 34.3. The summed E-state index contributed by atoms with van der Waals surface area (Å²) in [6.07, 6.45) is 2.63. The van der Waals surface area contributed by atoms with Crippen molar-refractivity contribution in [1.29, 1.82) is 0 Å². The van der Waals surface area contributed by atoms with Crippen LogP contribution in [0.15, 0.2) is 0 Å². The van der Waals surface area contributed by atoms with Crippen molar-refractivity contribution in [1.82, 2.24) is 15.5 Å². The van der Waals surface area contributed by atoms with Crippen LogP contribution in [0.4, 0.5) is 9.18 Å². The Morgan fingerprint density at radius 3 is 2.37 bits per heavy atom. The number of carbonyl (C=O) groups is 3. The van der Waals surface area contributed by atoms with Crippen molar-refractivity contribution in [3.63, 3.8) is 0 Å². The van der Waals surface area contributed by atoms with Gasteiger partial charge in [-0.05, 0) is 65.7 Å². The van der Waals surface area contributed by atoms with Gasteiger partial charge in [0.25, 0.3) is 0 Å². The molecule has 2 saturated heterocycles. The Hall–Kier alpha value is -1.90. The third-order valence-electron chi connectivity index (χ3n) is 6.13. The number of ether oxygens (including phenoxy) is 2. The fraction of sp³-hybridized carbons (Fsp3) is 0.857. The highest BCUT2D eigenvalue weighted by molar-refractivity contribution is 5.90. The number of methoxy groups -OCH3 is 1. The van der Waals surface area contributed by atoms with Crippen LogP contribution in [-0.4, -0.2) is 72.0 Å². The van der Waals surface area contributed by atoms with Crippen molar-refractivity contribution in [2.24, 2.45) is 0 Å². The number of alkyl carbamates (subject to hydrolysis) is 1. The van der Waals surface area contributed by atoms with E-state index >= 15 is 0 Å². The van der Waals surface area contributed by atoms with Crippen molar-refractivity contribution < 1.29 is 28.2 Å². The molecule has 170 valence electrons. The zero-order valence-electron chi connectivity index (χ0n) is 18.3. The van der Waals surface area contributed by atoms with Gasteiger partial charge in [0.05, 0.1) is 7.11 Å². The van der Waals surface area contributed by atoms with Gasteiger partial charge < -0.3 is 25.0 Å². The van der Waals surface area contributed by atoms with Gasteiger partial charge in [-0.15, -0.1) is 0 Å². The highest BCUT2D eigenvalue weighted by atomic mass is 19.1. The van der Waals surface area contributed by atoms with Crippen LogP contribution in [0.5, 0.6) is 0 Å². The molecule has 1 aliphatic carbocycles. The van der Waals surface area contributed by atoms with Crippen molar-refractivity contribution in [2.75, 3.05) is 7.11 Å².